The molecule has 0 unspecified atom stereocenters. The molecule has 6 nitrogen and oxygen atoms in total. The summed E-state index contributed by atoms with van der Waals surface area (Å²) >= 11 is 5.89. The number of anilines is 1. The van der Waals surface area contributed by atoms with Crippen LogP contribution in [0.3, 0.4) is 0 Å². The first-order valence-corrected chi connectivity index (χ1v) is 9.84. The molecule has 150 valence electrons. The normalized spacial score (nSPS) is 10.7. The number of nitrogens with zero attached hydrogens (tertiary/aromatic N) is 2. The highest BCUT2D eigenvalue weighted by Crippen LogP contribution is 2.27. The van der Waals surface area contributed by atoms with Crippen LogP contribution in [0.2, 0.25) is 5.02 Å². The molecule has 0 saturated carbocycles. The quantitative estimate of drug-likeness (QED) is 0.528. The highest BCUT2D eigenvalue weighted by atomic mass is 35.5. The lowest BCUT2D eigenvalue weighted by Crippen LogP contribution is -3.05. The number of nitriles is 1. The zero-order valence-corrected chi connectivity index (χ0v) is 17.3. The Balaban J connectivity index is 1.61. The molecule has 0 amide bonds. The molecule has 0 aliphatic heterocycles. The van der Waals surface area contributed by atoms with Gasteiger partial charge in [-0.25, -0.2) is 0 Å². The van der Waals surface area contributed by atoms with Gasteiger partial charge in [-0.15, -0.1) is 0 Å². The molecule has 1 aromatic heterocycles. The Morgan fingerprint density at radius 3 is 2.52 bits per heavy atom. The minimum Gasteiger partial charge on any atom is -0.489 e. The third-order valence-corrected chi connectivity index (χ3v) is 4.54. The number of aromatic nitrogens is 1. The van der Waals surface area contributed by atoms with Gasteiger partial charge in [0.2, 0.25) is 17.5 Å². The number of hydrogen-bond acceptors (Lipinski definition) is 5. The van der Waals surface area contributed by atoms with E-state index < -0.39 is 0 Å². The average Bonchev–Trinajstić information content (AvgIpc) is 3.14. The first-order chi connectivity index (χ1) is 14.0. The lowest BCUT2D eigenvalue weighted by molar-refractivity contribution is -0.858. The van der Waals surface area contributed by atoms with E-state index in [0.29, 0.717) is 23.4 Å². The lowest BCUT2D eigenvalue weighted by Gasteiger charge is -2.07. The van der Waals surface area contributed by atoms with E-state index in [-0.39, 0.29) is 5.69 Å². The van der Waals surface area contributed by atoms with E-state index in [1.54, 1.807) is 0 Å². The van der Waals surface area contributed by atoms with E-state index in [0.717, 1.165) is 36.4 Å². The van der Waals surface area contributed by atoms with Crippen molar-refractivity contribution in [2.24, 2.45) is 0 Å². The first-order valence-electron chi connectivity index (χ1n) is 9.46. The van der Waals surface area contributed by atoms with E-state index in [9.17, 15) is 5.26 Å². The fraction of sp³-hybridized carbons (Fsp3) is 0.273. The number of benzene rings is 2. The van der Waals surface area contributed by atoms with Crippen LogP contribution in [0.1, 0.15) is 17.7 Å². The molecule has 0 aliphatic carbocycles. The van der Waals surface area contributed by atoms with Crippen LogP contribution in [0.15, 0.2) is 52.9 Å². The molecular formula is C22H24ClN4O2+. The standard InChI is InChI=1S/C22H23ClN4O2/c1-27(2)13-3-12-25-22-20(14-24)26-21(29-22)17-6-10-19(11-7-17)28-15-16-4-8-18(23)9-5-16/h4-11,25H,3,12-13,15H2,1-2H3/p+1. The summed E-state index contributed by atoms with van der Waals surface area (Å²) in [6.45, 7) is 2.22. The van der Waals surface area contributed by atoms with Gasteiger partial charge in [-0.2, -0.15) is 10.2 Å². The maximum atomic E-state index is 9.32. The summed E-state index contributed by atoms with van der Waals surface area (Å²) in [5, 5.41) is 13.2. The molecule has 0 atom stereocenters. The Kier molecular flexibility index (Phi) is 7.12. The molecule has 0 spiro atoms. The van der Waals surface area contributed by atoms with Gasteiger partial charge >= 0.3 is 0 Å². The second-order valence-corrected chi connectivity index (χ2v) is 7.42. The molecule has 3 aromatic rings. The number of rotatable bonds is 9. The minimum absolute atomic E-state index is 0.264. The minimum atomic E-state index is 0.264. The second kappa shape index (κ2) is 9.97. The van der Waals surface area contributed by atoms with Crippen LogP contribution in [-0.2, 0) is 6.61 Å². The number of nitrogens with one attached hydrogen (secondary N) is 2. The van der Waals surface area contributed by atoms with Crippen molar-refractivity contribution in [3.8, 4) is 23.3 Å². The largest absolute Gasteiger partial charge is 0.489 e. The Hall–Kier alpha value is -3.01. The fourth-order valence-electron chi connectivity index (χ4n) is 2.72. The van der Waals surface area contributed by atoms with Crippen molar-refractivity contribution in [1.29, 1.82) is 5.26 Å². The summed E-state index contributed by atoms with van der Waals surface area (Å²) in [7, 11) is 4.21. The summed E-state index contributed by atoms with van der Waals surface area (Å²) in [5.41, 5.74) is 2.09. The summed E-state index contributed by atoms with van der Waals surface area (Å²) in [6, 6.07) is 17.1. The predicted octanol–water partition coefficient (Wildman–Crippen LogP) is 3.39. The molecule has 2 N–H and O–H groups in total. The number of quaternary nitrogens is 1. The highest BCUT2D eigenvalue weighted by molar-refractivity contribution is 6.30. The SMILES string of the molecule is C[NH+](C)CCCNc1oc(-c2ccc(OCc3ccc(Cl)cc3)cc2)nc1C#N. The zero-order chi connectivity index (χ0) is 20.6. The lowest BCUT2D eigenvalue weighted by atomic mass is 10.2. The topological polar surface area (TPSA) is 75.5 Å². The van der Waals surface area contributed by atoms with Gasteiger partial charge in [0.15, 0.2) is 0 Å². The van der Waals surface area contributed by atoms with E-state index in [1.807, 2.05) is 48.5 Å². The molecule has 1 heterocycles. The Bertz CT molecular complexity index is 960. The highest BCUT2D eigenvalue weighted by Gasteiger charge is 2.14. The van der Waals surface area contributed by atoms with Gasteiger partial charge in [0.05, 0.1) is 20.6 Å². The molecule has 2 aromatic carbocycles. The second-order valence-electron chi connectivity index (χ2n) is 6.99. The van der Waals surface area contributed by atoms with Gasteiger partial charge in [0.1, 0.15) is 18.4 Å². The molecule has 3 rings (SSSR count). The summed E-state index contributed by atoms with van der Waals surface area (Å²) in [5.74, 6) is 1.56. The van der Waals surface area contributed by atoms with Crippen LogP contribution in [-0.4, -0.2) is 32.2 Å². The van der Waals surface area contributed by atoms with Crippen molar-refractivity contribution in [3.05, 3.63) is 64.8 Å². The molecular weight excluding hydrogens is 388 g/mol. The summed E-state index contributed by atoms with van der Waals surface area (Å²) in [4.78, 5) is 5.67. The third kappa shape index (κ3) is 5.98. The van der Waals surface area contributed by atoms with Gasteiger partial charge in [0.25, 0.3) is 0 Å². The Morgan fingerprint density at radius 2 is 1.86 bits per heavy atom. The van der Waals surface area contributed by atoms with Crippen LogP contribution < -0.4 is 15.0 Å². The van der Waals surface area contributed by atoms with Gasteiger partial charge in [0, 0.05) is 23.6 Å². The van der Waals surface area contributed by atoms with Gasteiger partial charge in [-0.1, -0.05) is 23.7 Å². The monoisotopic (exact) mass is 411 g/mol. The van der Waals surface area contributed by atoms with Crippen LogP contribution >= 0.6 is 11.6 Å². The van der Waals surface area contributed by atoms with Crippen LogP contribution in [0.25, 0.3) is 11.5 Å². The number of oxazole rings is 1. The summed E-state index contributed by atoms with van der Waals surface area (Å²) < 4.78 is 11.6. The van der Waals surface area contributed by atoms with Crippen molar-refractivity contribution < 1.29 is 14.1 Å². The molecule has 0 saturated heterocycles. The summed E-state index contributed by atoms with van der Waals surface area (Å²) in [6.07, 6.45) is 0.975. The molecule has 29 heavy (non-hydrogen) atoms. The Labute approximate surface area is 175 Å². The van der Waals surface area contributed by atoms with E-state index in [1.165, 1.54) is 4.90 Å². The third-order valence-electron chi connectivity index (χ3n) is 4.29. The molecule has 0 aliphatic rings. The fourth-order valence-corrected chi connectivity index (χ4v) is 2.85. The van der Waals surface area contributed by atoms with Crippen molar-refractivity contribution in [3.63, 3.8) is 0 Å². The van der Waals surface area contributed by atoms with Crippen LogP contribution in [0.5, 0.6) is 5.75 Å². The van der Waals surface area contributed by atoms with Crippen molar-refractivity contribution in [1.82, 2.24) is 4.98 Å². The zero-order valence-electron chi connectivity index (χ0n) is 16.5. The molecule has 0 radical (unpaired) electrons. The number of ether oxygens (including phenoxy) is 1. The number of halogens is 1. The average molecular weight is 412 g/mol. The van der Waals surface area contributed by atoms with E-state index >= 15 is 0 Å². The van der Waals surface area contributed by atoms with Gasteiger partial charge in [-0.05, 0) is 42.0 Å². The first kappa shape index (κ1) is 20.7. The van der Waals surface area contributed by atoms with Crippen molar-refractivity contribution in [2.75, 3.05) is 32.5 Å². The maximum Gasteiger partial charge on any atom is 0.232 e. The van der Waals surface area contributed by atoms with Crippen LogP contribution in [0.4, 0.5) is 5.88 Å². The van der Waals surface area contributed by atoms with Crippen LogP contribution in [0, 0.1) is 11.3 Å². The van der Waals surface area contributed by atoms with E-state index in [4.69, 9.17) is 20.8 Å². The maximum absolute atomic E-state index is 9.32. The Morgan fingerprint density at radius 1 is 1.14 bits per heavy atom. The molecule has 7 heteroatoms. The van der Waals surface area contributed by atoms with Crippen molar-refractivity contribution >= 4 is 17.5 Å². The number of hydrogen-bond donors (Lipinski definition) is 2. The molecule has 0 fully saturated rings. The van der Waals surface area contributed by atoms with Gasteiger partial charge in [-0.3, -0.25) is 0 Å². The predicted molar refractivity (Wildman–Crippen MR) is 113 cm³/mol. The smallest absolute Gasteiger partial charge is 0.232 e. The molecule has 0 bridgehead atoms. The van der Waals surface area contributed by atoms with Gasteiger partial charge < -0.3 is 19.4 Å². The van der Waals surface area contributed by atoms with E-state index in [2.05, 4.69) is 30.5 Å². The van der Waals surface area contributed by atoms with Crippen molar-refractivity contribution in [2.45, 2.75) is 13.0 Å².